The van der Waals surface area contributed by atoms with Crippen LogP contribution in [0.25, 0.3) is 0 Å². The number of rotatable bonds is 10. The van der Waals surface area contributed by atoms with Gasteiger partial charge >= 0.3 is 0 Å². The van der Waals surface area contributed by atoms with Gasteiger partial charge in [0.05, 0.1) is 7.11 Å². The molecule has 6 nitrogen and oxygen atoms in total. The Morgan fingerprint density at radius 3 is 1.91 bits per heavy atom. The Hall–Kier alpha value is -3.16. The van der Waals surface area contributed by atoms with Gasteiger partial charge in [-0.15, -0.1) is 0 Å². The Kier molecular flexibility index (Phi) is 8.21. The molecule has 0 N–H and O–H groups in total. The number of nitrogens with zero attached hydrogens (tertiary/aromatic N) is 2. The number of ether oxygens (including phenoxy) is 1. The summed E-state index contributed by atoms with van der Waals surface area (Å²) in [5, 5.41) is 0. The van der Waals surface area contributed by atoms with Crippen LogP contribution in [-0.2, 0) is 22.9 Å². The van der Waals surface area contributed by atoms with Gasteiger partial charge in [-0.1, -0.05) is 60.7 Å². The van der Waals surface area contributed by atoms with Crippen LogP contribution in [0.4, 0.5) is 0 Å². The van der Waals surface area contributed by atoms with E-state index < -0.39 is 10.0 Å². The first-order chi connectivity index (χ1) is 17.0. The van der Waals surface area contributed by atoms with Crippen molar-refractivity contribution in [2.75, 3.05) is 33.3 Å². The van der Waals surface area contributed by atoms with Crippen LogP contribution in [0.3, 0.4) is 0 Å². The number of carbonyl (C=O) groups excluding carboxylic acids is 1. The summed E-state index contributed by atoms with van der Waals surface area (Å²) in [6.45, 7) is 2.06. The highest BCUT2D eigenvalue weighted by molar-refractivity contribution is 7.89. The topological polar surface area (TPSA) is 66.9 Å². The first-order valence-corrected chi connectivity index (χ1v) is 13.5. The van der Waals surface area contributed by atoms with Gasteiger partial charge in [-0.3, -0.25) is 4.79 Å². The number of sulfonamides is 1. The third-order valence-electron chi connectivity index (χ3n) is 6.41. The van der Waals surface area contributed by atoms with E-state index >= 15 is 0 Å². The lowest BCUT2D eigenvalue weighted by Gasteiger charge is -2.24. The van der Waals surface area contributed by atoms with Crippen LogP contribution in [0.15, 0.2) is 83.8 Å². The molecule has 0 saturated carbocycles. The van der Waals surface area contributed by atoms with Crippen molar-refractivity contribution in [3.63, 3.8) is 0 Å². The minimum Gasteiger partial charge on any atom is -0.495 e. The number of hydrogen-bond acceptors (Lipinski definition) is 4. The van der Waals surface area contributed by atoms with Crippen molar-refractivity contribution < 1.29 is 17.9 Å². The molecule has 1 saturated heterocycles. The molecule has 0 atom stereocenters. The van der Waals surface area contributed by atoms with Crippen LogP contribution in [-0.4, -0.2) is 56.8 Å². The fourth-order valence-electron chi connectivity index (χ4n) is 4.39. The van der Waals surface area contributed by atoms with Crippen LogP contribution in [0.2, 0.25) is 0 Å². The Bertz CT molecular complexity index is 1180. The quantitative estimate of drug-likeness (QED) is 0.421. The minimum atomic E-state index is -3.74. The zero-order chi connectivity index (χ0) is 24.7. The van der Waals surface area contributed by atoms with Crippen LogP contribution in [0.5, 0.6) is 5.75 Å². The molecule has 0 aromatic heterocycles. The Labute approximate surface area is 208 Å². The molecule has 0 spiro atoms. The molecule has 0 unspecified atom stereocenters. The summed E-state index contributed by atoms with van der Waals surface area (Å²) < 4.78 is 33.4. The zero-order valence-electron chi connectivity index (χ0n) is 20.1. The van der Waals surface area contributed by atoms with Crippen molar-refractivity contribution in [1.29, 1.82) is 0 Å². The highest BCUT2D eigenvalue weighted by Crippen LogP contribution is 2.30. The number of methoxy groups -OCH3 is 1. The van der Waals surface area contributed by atoms with Crippen molar-refractivity contribution >= 4 is 15.9 Å². The molecule has 4 rings (SSSR count). The van der Waals surface area contributed by atoms with Gasteiger partial charge in [-0.05, 0) is 55.0 Å². The minimum absolute atomic E-state index is 0.0545. The lowest BCUT2D eigenvalue weighted by Crippen LogP contribution is -2.35. The molecule has 3 aromatic carbocycles. The summed E-state index contributed by atoms with van der Waals surface area (Å²) in [6.07, 6.45) is 3.12. The third kappa shape index (κ3) is 6.10. The summed E-state index contributed by atoms with van der Waals surface area (Å²) >= 11 is 0. The molecule has 0 radical (unpaired) electrons. The highest BCUT2D eigenvalue weighted by atomic mass is 32.2. The van der Waals surface area contributed by atoms with E-state index in [-0.39, 0.29) is 16.6 Å². The average Bonchev–Trinajstić information content (AvgIpc) is 3.45. The third-order valence-corrected chi connectivity index (χ3v) is 8.33. The smallest absolute Gasteiger partial charge is 0.253 e. The molecule has 0 aliphatic carbocycles. The molecule has 3 aromatic rings. The van der Waals surface area contributed by atoms with E-state index in [1.54, 1.807) is 12.1 Å². The molecular formula is C28H32N2O4S. The fraction of sp³-hybridized carbons (Fsp3) is 0.321. The number of hydrogen-bond donors (Lipinski definition) is 0. The largest absolute Gasteiger partial charge is 0.495 e. The Balaban J connectivity index is 1.60. The van der Waals surface area contributed by atoms with Gasteiger partial charge < -0.3 is 9.64 Å². The van der Waals surface area contributed by atoms with E-state index in [1.165, 1.54) is 17.5 Å². The molecule has 35 heavy (non-hydrogen) atoms. The van der Waals surface area contributed by atoms with E-state index in [9.17, 15) is 13.2 Å². The van der Waals surface area contributed by atoms with Crippen LogP contribution in [0, 0.1) is 0 Å². The van der Waals surface area contributed by atoms with Crippen molar-refractivity contribution in [2.24, 2.45) is 0 Å². The van der Waals surface area contributed by atoms with Gasteiger partial charge in [-0.2, -0.15) is 4.31 Å². The van der Waals surface area contributed by atoms with E-state index in [0.717, 1.165) is 36.8 Å². The summed E-state index contributed by atoms with van der Waals surface area (Å²) in [5.74, 6) is 0.0750. The van der Waals surface area contributed by atoms with Crippen LogP contribution >= 0.6 is 0 Å². The Morgan fingerprint density at radius 1 is 0.857 bits per heavy atom. The lowest BCUT2D eigenvalue weighted by molar-refractivity contribution is 0.0759. The van der Waals surface area contributed by atoms with E-state index in [0.29, 0.717) is 31.7 Å². The first-order valence-electron chi connectivity index (χ1n) is 12.0. The second-order valence-corrected chi connectivity index (χ2v) is 10.6. The zero-order valence-corrected chi connectivity index (χ0v) is 20.9. The van der Waals surface area contributed by atoms with Gasteiger partial charge in [-0.25, -0.2) is 8.42 Å². The second kappa shape index (κ2) is 11.5. The first kappa shape index (κ1) is 24.9. The highest BCUT2D eigenvalue weighted by Gasteiger charge is 2.31. The van der Waals surface area contributed by atoms with Crippen LogP contribution in [0.1, 0.15) is 34.3 Å². The van der Waals surface area contributed by atoms with Crippen LogP contribution < -0.4 is 4.74 Å². The molecule has 1 aliphatic rings. The van der Waals surface area contributed by atoms with Gasteiger partial charge in [0.2, 0.25) is 10.0 Å². The maximum atomic E-state index is 13.7. The van der Waals surface area contributed by atoms with Crippen molar-refractivity contribution in [1.82, 2.24) is 9.21 Å². The predicted octanol–water partition coefficient (Wildman–Crippen LogP) is 4.41. The SMILES string of the molecule is COc1ccc(C(=O)N(CCc2ccccc2)CCc2ccccc2)cc1S(=O)(=O)N1CCCC1. The van der Waals surface area contributed by atoms with Crippen molar-refractivity contribution in [3.05, 3.63) is 95.6 Å². The van der Waals surface area contributed by atoms with Crippen molar-refractivity contribution in [3.8, 4) is 5.75 Å². The molecule has 1 heterocycles. The molecule has 1 amide bonds. The second-order valence-electron chi connectivity index (χ2n) is 8.74. The van der Waals surface area contributed by atoms with Gasteiger partial charge in [0.1, 0.15) is 10.6 Å². The number of amides is 1. The van der Waals surface area contributed by atoms with E-state index in [1.807, 2.05) is 65.6 Å². The number of carbonyl (C=O) groups is 1. The fourth-order valence-corrected chi connectivity index (χ4v) is 6.09. The maximum Gasteiger partial charge on any atom is 0.253 e. The molecular weight excluding hydrogens is 460 g/mol. The van der Waals surface area contributed by atoms with Gasteiger partial charge in [0.15, 0.2) is 0 Å². The van der Waals surface area contributed by atoms with E-state index in [4.69, 9.17) is 4.74 Å². The Morgan fingerprint density at radius 2 is 1.40 bits per heavy atom. The lowest BCUT2D eigenvalue weighted by atomic mass is 10.1. The average molecular weight is 493 g/mol. The number of benzene rings is 3. The molecule has 1 fully saturated rings. The maximum absolute atomic E-state index is 13.7. The monoisotopic (exact) mass is 492 g/mol. The molecule has 184 valence electrons. The molecule has 1 aliphatic heterocycles. The summed E-state index contributed by atoms with van der Waals surface area (Å²) in [6, 6.07) is 24.8. The molecule has 0 bridgehead atoms. The van der Waals surface area contributed by atoms with E-state index in [2.05, 4.69) is 0 Å². The summed E-state index contributed by atoms with van der Waals surface area (Å²) in [5.41, 5.74) is 2.65. The standard InChI is InChI=1S/C28H32N2O4S/c1-34-26-15-14-25(22-27(26)35(32,33)30-18-8-9-19-30)28(31)29(20-16-23-10-4-2-5-11-23)21-17-24-12-6-3-7-13-24/h2-7,10-15,22H,8-9,16-21H2,1H3. The van der Waals surface area contributed by atoms with Gasteiger partial charge in [0.25, 0.3) is 5.91 Å². The molecule has 7 heteroatoms. The van der Waals surface area contributed by atoms with Crippen molar-refractivity contribution in [2.45, 2.75) is 30.6 Å². The summed E-state index contributed by atoms with van der Waals surface area (Å²) in [4.78, 5) is 15.5. The van der Waals surface area contributed by atoms with Gasteiger partial charge in [0, 0.05) is 31.7 Å². The summed E-state index contributed by atoms with van der Waals surface area (Å²) in [7, 11) is -2.29. The predicted molar refractivity (Wildman–Crippen MR) is 137 cm³/mol. The normalized spacial score (nSPS) is 14.1.